The minimum Gasteiger partial charge on any atom is -0.354 e. The van der Waals surface area contributed by atoms with Crippen molar-refractivity contribution in [3.8, 4) is 0 Å². The molecule has 6 nitrogen and oxygen atoms in total. The Balaban J connectivity index is 1.54. The smallest absolute Gasteiger partial charge is 0.269 e. The molecule has 0 saturated carbocycles. The Bertz CT molecular complexity index is 831. The normalized spacial score (nSPS) is 14.4. The van der Waals surface area contributed by atoms with E-state index in [4.69, 9.17) is 0 Å². The number of benzene rings is 2. The van der Waals surface area contributed by atoms with E-state index >= 15 is 0 Å². The molecule has 27 heavy (non-hydrogen) atoms. The lowest BCUT2D eigenvalue weighted by Gasteiger charge is -2.41. The van der Waals surface area contributed by atoms with Gasteiger partial charge in [-0.25, -0.2) is 0 Å². The number of hydrogen-bond donors (Lipinski definition) is 1. The molecule has 2 aromatic rings. The van der Waals surface area contributed by atoms with Gasteiger partial charge in [-0.15, -0.1) is 0 Å². The second-order valence-electron chi connectivity index (χ2n) is 7.63. The Morgan fingerprint density at radius 1 is 1.15 bits per heavy atom. The molecule has 0 atom stereocenters. The van der Waals surface area contributed by atoms with E-state index in [1.807, 2.05) is 0 Å². The number of rotatable bonds is 6. The fourth-order valence-corrected chi connectivity index (χ4v) is 3.42. The molecule has 0 saturated heterocycles. The summed E-state index contributed by atoms with van der Waals surface area (Å²) in [5, 5.41) is 13.7. The van der Waals surface area contributed by atoms with Crippen molar-refractivity contribution in [2.75, 3.05) is 13.1 Å². The summed E-state index contributed by atoms with van der Waals surface area (Å²) in [5.41, 5.74) is 3.41. The predicted molar refractivity (Wildman–Crippen MR) is 104 cm³/mol. The third kappa shape index (κ3) is 4.71. The molecule has 1 aliphatic rings. The largest absolute Gasteiger partial charge is 0.354 e. The van der Waals surface area contributed by atoms with E-state index in [1.54, 1.807) is 12.1 Å². The number of non-ortho nitro benzene ring substituents is 1. The maximum absolute atomic E-state index is 12.3. The third-order valence-electron chi connectivity index (χ3n) is 5.22. The summed E-state index contributed by atoms with van der Waals surface area (Å²) in [6, 6.07) is 14.6. The summed E-state index contributed by atoms with van der Waals surface area (Å²) in [6.45, 7) is 6.71. The number of fused-ring (bicyclic) bond motifs is 1. The number of nitro benzene ring substituents is 1. The number of nitrogens with zero attached hydrogens (tertiary/aromatic N) is 2. The first-order valence-corrected chi connectivity index (χ1v) is 9.17. The zero-order valence-electron chi connectivity index (χ0n) is 15.8. The molecule has 0 bridgehead atoms. The highest BCUT2D eigenvalue weighted by atomic mass is 16.6. The van der Waals surface area contributed by atoms with Crippen LogP contribution < -0.4 is 5.32 Å². The molecule has 3 rings (SSSR count). The van der Waals surface area contributed by atoms with Crippen molar-refractivity contribution in [3.63, 3.8) is 0 Å². The van der Waals surface area contributed by atoms with E-state index in [1.165, 1.54) is 23.3 Å². The van der Waals surface area contributed by atoms with Crippen molar-refractivity contribution in [1.82, 2.24) is 10.2 Å². The number of hydrogen-bond acceptors (Lipinski definition) is 4. The van der Waals surface area contributed by atoms with Crippen LogP contribution in [0.5, 0.6) is 0 Å². The van der Waals surface area contributed by atoms with Crippen LogP contribution in [-0.2, 0) is 24.2 Å². The third-order valence-corrected chi connectivity index (χ3v) is 5.22. The summed E-state index contributed by atoms with van der Waals surface area (Å²) >= 11 is 0. The van der Waals surface area contributed by atoms with Crippen molar-refractivity contribution >= 4 is 11.6 Å². The molecule has 1 amide bonds. The molecule has 0 radical (unpaired) electrons. The van der Waals surface area contributed by atoms with Gasteiger partial charge in [-0.2, -0.15) is 0 Å². The molecule has 1 heterocycles. The van der Waals surface area contributed by atoms with E-state index in [0.29, 0.717) is 6.54 Å². The summed E-state index contributed by atoms with van der Waals surface area (Å²) in [5.74, 6) is -0.0747. The quantitative estimate of drug-likeness (QED) is 0.629. The Morgan fingerprint density at radius 2 is 1.81 bits per heavy atom. The summed E-state index contributed by atoms with van der Waals surface area (Å²) in [6.07, 6.45) is 1.24. The number of carbonyl (C=O) groups excluding carboxylic acids is 1. The lowest BCUT2D eigenvalue weighted by molar-refractivity contribution is -0.384. The predicted octanol–water partition coefficient (Wildman–Crippen LogP) is 3.09. The van der Waals surface area contributed by atoms with Gasteiger partial charge in [-0.05, 0) is 37.0 Å². The molecule has 2 aromatic carbocycles. The molecule has 0 fully saturated rings. The van der Waals surface area contributed by atoms with Gasteiger partial charge in [0.15, 0.2) is 0 Å². The van der Waals surface area contributed by atoms with Crippen LogP contribution in [0, 0.1) is 10.1 Å². The van der Waals surface area contributed by atoms with Crippen LogP contribution in [0.25, 0.3) is 0 Å². The number of carbonyl (C=O) groups is 1. The summed E-state index contributed by atoms with van der Waals surface area (Å²) in [4.78, 5) is 25.0. The number of nitro groups is 1. The fourth-order valence-electron chi connectivity index (χ4n) is 3.42. The van der Waals surface area contributed by atoms with Crippen molar-refractivity contribution in [1.29, 1.82) is 0 Å². The first-order valence-electron chi connectivity index (χ1n) is 9.17. The minimum atomic E-state index is -0.441. The van der Waals surface area contributed by atoms with Gasteiger partial charge in [0.1, 0.15) is 0 Å². The second kappa shape index (κ2) is 7.88. The maximum Gasteiger partial charge on any atom is 0.269 e. The molecular formula is C21H25N3O3. The Labute approximate surface area is 159 Å². The molecule has 0 unspecified atom stereocenters. The minimum absolute atomic E-state index is 0.0330. The van der Waals surface area contributed by atoms with Gasteiger partial charge >= 0.3 is 0 Å². The van der Waals surface area contributed by atoms with Crippen molar-refractivity contribution in [3.05, 3.63) is 75.3 Å². The standard InChI is InChI=1S/C21H25N3O3/c1-21(2,23-12-11-17-5-3-4-6-18(17)14-23)15-22-20(25)13-16-7-9-19(10-8-16)24(26)27/h3-10H,11-15H2,1-2H3,(H,22,25). The van der Waals surface area contributed by atoms with Gasteiger partial charge in [0.2, 0.25) is 5.91 Å². The van der Waals surface area contributed by atoms with Crippen molar-refractivity contribution in [2.24, 2.45) is 0 Å². The van der Waals surface area contributed by atoms with Crippen molar-refractivity contribution in [2.45, 2.75) is 38.8 Å². The molecule has 0 aliphatic carbocycles. The van der Waals surface area contributed by atoms with Crippen LogP contribution in [0.1, 0.15) is 30.5 Å². The van der Waals surface area contributed by atoms with Crippen LogP contribution in [0.4, 0.5) is 5.69 Å². The maximum atomic E-state index is 12.3. The lowest BCUT2D eigenvalue weighted by atomic mass is 9.94. The van der Waals surface area contributed by atoms with Crippen LogP contribution in [0.15, 0.2) is 48.5 Å². The molecule has 1 N–H and O–H groups in total. The summed E-state index contributed by atoms with van der Waals surface area (Å²) in [7, 11) is 0. The molecule has 0 spiro atoms. The average Bonchev–Trinajstić information content (AvgIpc) is 2.66. The lowest BCUT2D eigenvalue weighted by Crippen LogP contribution is -2.53. The van der Waals surface area contributed by atoms with Gasteiger partial charge < -0.3 is 5.32 Å². The van der Waals surface area contributed by atoms with Gasteiger partial charge in [-0.1, -0.05) is 36.4 Å². The SMILES string of the molecule is CC(C)(CNC(=O)Cc1ccc([N+](=O)[O-])cc1)N1CCc2ccccc2C1. The van der Waals surface area contributed by atoms with Gasteiger partial charge in [-0.3, -0.25) is 19.8 Å². The second-order valence-corrected chi connectivity index (χ2v) is 7.63. The highest BCUT2D eigenvalue weighted by Crippen LogP contribution is 2.25. The van der Waals surface area contributed by atoms with E-state index in [-0.39, 0.29) is 23.6 Å². The highest BCUT2D eigenvalue weighted by molar-refractivity contribution is 5.78. The molecule has 1 aliphatic heterocycles. The molecule has 6 heteroatoms. The topological polar surface area (TPSA) is 75.5 Å². The van der Waals surface area contributed by atoms with Crippen LogP contribution in [-0.4, -0.2) is 34.4 Å². The van der Waals surface area contributed by atoms with E-state index in [0.717, 1.165) is 25.1 Å². The first-order chi connectivity index (χ1) is 12.8. The Morgan fingerprint density at radius 3 is 2.48 bits per heavy atom. The van der Waals surface area contributed by atoms with E-state index < -0.39 is 4.92 Å². The molecular weight excluding hydrogens is 342 g/mol. The zero-order valence-corrected chi connectivity index (χ0v) is 15.8. The Hall–Kier alpha value is -2.73. The van der Waals surface area contributed by atoms with Crippen LogP contribution >= 0.6 is 0 Å². The Kier molecular flexibility index (Phi) is 5.56. The first kappa shape index (κ1) is 19.0. The van der Waals surface area contributed by atoms with Crippen LogP contribution in [0.3, 0.4) is 0 Å². The fraction of sp³-hybridized carbons (Fsp3) is 0.381. The van der Waals surface area contributed by atoms with Gasteiger partial charge in [0, 0.05) is 37.3 Å². The average molecular weight is 367 g/mol. The monoisotopic (exact) mass is 367 g/mol. The van der Waals surface area contributed by atoms with Gasteiger partial charge in [0.05, 0.1) is 11.3 Å². The molecule has 142 valence electrons. The van der Waals surface area contributed by atoms with E-state index in [2.05, 4.69) is 48.3 Å². The number of nitrogens with one attached hydrogen (secondary N) is 1. The van der Waals surface area contributed by atoms with Crippen molar-refractivity contribution < 1.29 is 9.72 Å². The van der Waals surface area contributed by atoms with Gasteiger partial charge in [0.25, 0.3) is 5.69 Å². The number of amides is 1. The molecule has 0 aromatic heterocycles. The van der Waals surface area contributed by atoms with E-state index in [9.17, 15) is 14.9 Å². The van der Waals surface area contributed by atoms with Crippen LogP contribution in [0.2, 0.25) is 0 Å². The summed E-state index contributed by atoms with van der Waals surface area (Å²) < 4.78 is 0. The highest BCUT2D eigenvalue weighted by Gasteiger charge is 2.30. The zero-order chi connectivity index (χ0) is 19.4.